The van der Waals surface area contributed by atoms with Crippen LogP contribution in [-0.4, -0.2) is 49.6 Å². The molecule has 0 spiro atoms. The molecule has 0 unspecified atom stereocenters. The highest BCUT2D eigenvalue weighted by atomic mass is 32.2. The van der Waals surface area contributed by atoms with Gasteiger partial charge in [-0.25, -0.2) is 13.1 Å². The minimum atomic E-state index is -3.35. The Labute approximate surface area is 164 Å². The molecule has 2 aliphatic rings. The highest BCUT2D eigenvalue weighted by molar-refractivity contribution is 7.92. The van der Waals surface area contributed by atoms with E-state index in [1.165, 1.54) is 10.6 Å². The zero-order valence-corrected chi connectivity index (χ0v) is 16.8. The predicted molar refractivity (Wildman–Crippen MR) is 106 cm³/mol. The number of nitrogens with one attached hydrogen (secondary N) is 1. The van der Waals surface area contributed by atoms with Crippen molar-refractivity contribution < 1.29 is 17.9 Å². The molecule has 0 aliphatic carbocycles. The van der Waals surface area contributed by atoms with Crippen molar-refractivity contribution in [2.75, 3.05) is 29.1 Å². The quantitative estimate of drug-likeness (QED) is 0.821. The van der Waals surface area contributed by atoms with Crippen LogP contribution in [0.5, 0.6) is 0 Å². The molecule has 2 atom stereocenters. The number of aromatic nitrogens is 2. The van der Waals surface area contributed by atoms with Crippen molar-refractivity contribution in [2.45, 2.75) is 32.4 Å². The smallest absolute Gasteiger partial charge is 0.256 e. The highest BCUT2D eigenvalue weighted by Crippen LogP contribution is 2.34. The number of carbonyl (C=O) groups excluding carboxylic acids is 1. The van der Waals surface area contributed by atoms with Crippen LogP contribution in [0.1, 0.15) is 29.3 Å². The van der Waals surface area contributed by atoms with Gasteiger partial charge in [0.05, 0.1) is 24.7 Å². The number of amides is 1. The number of fused-ring (bicyclic) bond motifs is 1. The Kier molecular flexibility index (Phi) is 4.88. The fraction of sp³-hybridized carbons (Fsp3) is 0.474. The molecule has 1 aromatic heterocycles. The molecule has 9 heteroatoms. The summed E-state index contributed by atoms with van der Waals surface area (Å²) < 4.78 is 32.7. The zero-order valence-electron chi connectivity index (χ0n) is 16.0. The number of benzene rings is 1. The summed E-state index contributed by atoms with van der Waals surface area (Å²) in [6.45, 7) is 4.05. The molecule has 3 heterocycles. The van der Waals surface area contributed by atoms with E-state index in [-0.39, 0.29) is 11.9 Å². The maximum atomic E-state index is 12.8. The van der Waals surface area contributed by atoms with E-state index in [2.05, 4.69) is 10.4 Å². The van der Waals surface area contributed by atoms with E-state index in [1.54, 1.807) is 35.1 Å². The molecule has 0 bridgehead atoms. The average Bonchev–Trinajstić information content (AvgIpc) is 3.34. The van der Waals surface area contributed by atoms with E-state index in [4.69, 9.17) is 4.74 Å². The van der Waals surface area contributed by atoms with Gasteiger partial charge in [-0.1, -0.05) is 0 Å². The van der Waals surface area contributed by atoms with Crippen molar-refractivity contribution >= 4 is 27.4 Å². The normalized spacial score (nSPS) is 21.7. The second-order valence-corrected chi connectivity index (χ2v) is 9.40. The van der Waals surface area contributed by atoms with Gasteiger partial charge in [0.2, 0.25) is 10.0 Å². The maximum Gasteiger partial charge on any atom is 0.256 e. The predicted octanol–water partition coefficient (Wildman–Crippen LogP) is 1.88. The van der Waals surface area contributed by atoms with Gasteiger partial charge in [-0.15, -0.1) is 0 Å². The maximum absolute atomic E-state index is 12.8. The first-order valence-corrected chi connectivity index (χ1v) is 11.2. The van der Waals surface area contributed by atoms with Gasteiger partial charge < -0.3 is 10.1 Å². The van der Waals surface area contributed by atoms with Crippen molar-refractivity contribution in [3.05, 3.63) is 41.6 Å². The standard InChI is InChI=1S/C19H24N4O4S/c1-13-9-16-10-15(3-4-17(16)23(13)28(2,25)26)19(24)21-18-5-7-20-22(18)11-14-6-8-27-12-14/h3-5,7,10,13-14H,6,8-9,11-12H2,1-2H3,(H,21,24)/t13-,14+/m0/s1. The van der Waals surface area contributed by atoms with Crippen LogP contribution in [0.25, 0.3) is 0 Å². The van der Waals surface area contributed by atoms with Gasteiger partial charge in [0.25, 0.3) is 5.91 Å². The average molecular weight is 404 g/mol. The molecule has 0 radical (unpaired) electrons. The Morgan fingerprint density at radius 2 is 2.18 bits per heavy atom. The molecule has 1 aromatic carbocycles. The van der Waals surface area contributed by atoms with Gasteiger partial charge in [0.1, 0.15) is 5.82 Å². The summed E-state index contributed by atoms with van der Waals surface area (Å²) in [5.41, 5.74) is 2.01. The fourth-order valence-corrected chi connectivity index (χ4v) is 5.26. The van der Waals surface area contributed by atoms with Gasteiger partial charge in [0, 0.05) is 36.7 Å². The van der Waals surface area contributed by atoms with Crippen LogP contribution in [-0.2, 0) is 27.7 Å². The summed E-state index contributed by atoms with van der Waals surface area (Å²) in [5.74, 6) is 0.806. The van der Waals surface area contributed by atoms with Gasteiger partial charge in [0.15, 0.2) is 0 Å². The summed E-state index contributed by atoms with van der Waals surface area (Å²) in [7, 11) is -3.35. The second-order valence-electron chi connectivity index (χ2n) is 7.54. The second kappa shape index (κ2) is 7.21. The van der Waals surface area contributed by atoms with Crippen LogP contribution >= 0.6 is 0 Å². The third-order valence-electron chi connectivity index (χ3n) is 5.27. The number of sulfonamides is 1. The van der Waals surface area contributed by atoms with Crippen LogP contribution < -0.4 is 9.62 Å². The zero-order chi connectivity index (χ0) is 19.9. The lowest BCUT2D eigenvalue weighted by molar-refractivity contribution is 0.102. The minimum Gasteiger partial charge on any atom is -0.381 e. The summed E-state index contributed by atoms with van der Waals surface area (Å²) in [6.07, 6.45) is 4.45. The van der Waals surface area contributed by atoms with Gasteiger partial charge in [-0.2, -0.15) is 5.10 Å². The van der Waals surface area contributed by atoms with Crippen LogP contribution in [0.15, 0.2) is 30.5 Å². The van der Waals surface area contributed by atoms with Crippen molar-refractivity contribution in [3.63, 3.8) is 0 Å². The Bertz CT molecular complexity index is 995. The largest absolute Gasteiger partial charge is 0.381 e. The summed E-state index contributed by atoms with van der Waals surface area (Å²) in [5, 5.41) is 7.22. The number of ether oxygens (including phenoxy) is 1. The number of rotatable bonds is 5. The molecule has 150 valence electrons. The highest BCUT2D eigenvalue weighted by Gasteiger charge is 2.32. The summed E-state index contributed by atoms with van der Waals surface area (Å²) in [4.78, 5) is 12.8. The lowest BCUT2D eigenvalue weighted by Crippen LogP contribution is -2.34. The summed E-state index contributed by atoms with van der Waals surface area (Å²) >= 11 is 0. The third kappa shape index (κ3) is 3.64. The molecule has 2 aliphatic heterocycles. The van der Waals surface area contributed by atoms with Gasteiger partial charge in [-0.3, -0.25) is 9.10 Å². The lowest BCUT2D eigenvalue weighted by Gasteiger charge is -2.21. The van der Waals surface area contributed by atoms with E-state index in [1.807, 2.05) is 6.92 Å². The molecule has 1 saturated heterocycles. The Balaban J connectivity index is 1.51. The van der Waals surface area contributed by atoms with E-state index in [0.717, 1.165) is 18.6 Å². The van der Waals surface area contributed by atoms with E-state index in [0.29, 0.717) is 42.6 Å². The first-order valence-electron chi connectivity index (χ1n) is 9.36. The van der Waals surface area contributed by atoms with Crippen LogP contribution in [0.2, 0.25) is 0 Å². The van der Waals surface area contributed by atoms with Crippen LogP contribution in [0.4, 0.5) is 11.5 Å². The minimum absolute atomic E-state index is 0.154. The Morgan fingerprint density at radius 3 is 2.89 bits per heavy atom. The molecule has 1 fully saturated rings. The van der Waals surface area contributed by atoms with Crippen molar-refractivity contribution in [1.29, 1.82) is 0 Å². The number of hydrogen-bond donors (Lipinski definition) is 1. The summed E-state index contributed by atoms with van der Waals surface area (Å²) in [6, 6.07) is 6.77. The van der Waals surface area contributed by atoms with E-state index in [9.17, 15) is 13.2 Å². The molecular weight excluding hydrogens is 380 g/mol. The molecule has 28 heavy (non-hydrogen) atoms. The number of anilines is 2. The first-order chi connectivity index (χ1) is 13.3. The molecule has 1 N–H and O–H groups in total. The molecular formula is C19H24N4O4S. The monoisotopic (exact) mass is 404 g/mol. The fourth-order valence-electron chi connectivity index (χ4n) is 3.99. The van der Waals surface area contributed by atoms with E-state index < -0.39 is 10.0 Å². The van der Waals surface area contributed by atoms with Crippen molar-refractivity contribution in [2.24, 2.45) is 5.92 Å². The lowest BCUT2D eigenvalue weighted by atomic mass is 10.1. The van der Waals surface area contributed by atoms with Gasteiger partial charge >= 0.3 is 0 Å². The number of nitrogens with zero attached hydrogens (tertiary/aromatic N) is 3. The SMILES string of the molecule is C[C@H]1Cc2cc(C(=O)Nc3ccnn3C[C@H]3CCOC3)ccc2N1S(C)(=O)=O. The molecule has 4 rings (SSSR count). The third-order valence-corrected chi connectivity index (χ3v) is 6.54. The van der Waals surface area contributed by atoms with Gasteiger partial charge in [-0.05, 0) is 43.5 Å². The molecule has 0 saturated carbocycles. The first kappa shape index (κ1) is 18.9. The molecule has 2 aromatic rings. The Hall–Kier alpha value is -2.39. The van der Waals surface area contributed by atoms with Crippen LogP contribution in [0, 0.1) is 5.92 Å². The van der Waals surface area contributed by atoms with Crippen molar-refractivity contribution in [3.8, 4) is 0 Å². The van der Waals surface area contributed by atoms with E-state index >= 15 is 0 Å². The molecule has 8 nitrogen and oxygen atoms in total. The Morgan fingerprint density at radius 1 is 1.36 bits per heavy atom. The number of hydrogen-bond acceptors (Lipinski definition) is 5. The van der Waals surface area contributed by atoms with Crippen LogP contribution in [0.3, 0.4) is 0 Å². The molecule has 1 amide bonds. The number of carbonyl (C=O) groups is 1. The topological polar surface area (TPSA) is 93.5 Å². The van der Waals surface area contributed by atoms with Crippen molar-refractivity contribution in [1.82, 2.24) is 9.78 Å².